The summed E-state index contributed by atoms with van der Waals surface area (Å²) in [6, 6.07) is 29.4. The highest BCUT2D eigenvalue weighted by Crippen LogP contribution is 2.31. The first-order valence-electron chi connectivity index (χ1n) is 7.91. The van der Waals surface area contributed by atoms with E-state index in [-0.39, 0.29) is 0 Å². The van der Waals surface area contributed by atoms with Crippen LogP contribution in [0.2, 0.25) is 0 Å². The number of para-hydroxylation sites is 1. The third kappa shape index (κ3) is 2.81. The van der Waals surface area contributed by atoms with Gasteiger partial charge in [-0.15, -0.1) is 0 Å². The molecule has 0 unspecified atom stereocenters. The van der Waals surface area contributed by atoms with Crippen molar-refractivity contribution in [2.75, 3.05) is 0 Å². The first-order valence-corrected chi connectivity index (χ1v) is 8.70. The van der Waals surface area contributed by atoms with Gasteiger partial charge < -0.3 is 4.57 Å². The maximum atomic E-state index is 3.70. The van der Waals surface area contributed by atoms with E-state index < -0.39 is 0 Å². The molecule has 0 saturated carbocycles. The van der Waals surface area contributed by atoms with Gasteiger partial charge in [0.15, 0.2) is 0 Å². The summed E-state index contributed by atoms with van der Waals surface area (Å²) in [5, 5.41) is 1.24. The number of hydrogen-bond donors (Lipinski definition) is 0. The van der Waals surface area contributed by atoms with Crippen molar-refractivity contribution in [1.29, 1.82) is 0 Å². The van der Waals surface area contributed by atoms with E-state index >= 15 is 0 Å². The van der Waals surface area contributed by atoms with Crippen molar-refractivity contribution in [3.63, 3.8) is 0 Å². The fraction of sp³-hybridized carbons (Fsp3) is 0. The van der Waals surface area contributed by atoms with Crippen molar-refractivity contribution in [1.82, 2.24) is 4.57 Å². The quantitative estimate of drug-likeness (QED) is 0.388. The zero-order valence-corrected chi connectivity index (χ0v) is 14.6. The third-order valence-corrected chi connectivity index (χ3v) is 4.84. The average molecular weight is 374 g/mol. The first-order chi connectivity index (χ1) is 11.8. The SMILES string of the molecule is Brc1ccccc1/C(=C/n1ccc2ccccc21)c1ccccc1. The highest BCUT2D eigenvalue weighted by Gasteiger charge is 2.09. The van der Waals surface area contributed by atoms with Gasteiger partial charge >= 0.3 is 0 Å². The largest absolute Gasteiger partial charge is 0.323 e. The van der Waals surface area contributed by atoms with E-state index in [4.69, 9.17) is 0 Å². The molecule has 1 aromatic heterocycles. The van der Waals surface area contributed by atoms with Crippen molar-refractivity contribution in [3.05, 3.63) is 107 Å². The fourth-order valence-corrected chi connectivity index (χ4v) is 3.45. The Labute approximate surface area is 150 Å². The zero-order chi connectivity index (χ0) is 16.4. The molecule has 0 amide bonds. The van der Waals surface area contributed by atoms with Gasteiger partial charge in [0.1, 0.15) is 0 Å². The van der Waals surface area contributed by atoms with Crippen molar-refractivity contribution < 1.29 is 0 Å². The Hall–Kier alpha value is -2.58. The number of halogens is 1. The van der Waals surface area contributed by atoms with Crippen LogP contribution >= 0.6 is 15.9 Å². The minimum atomic E-state index is 1.09. The summed E-state index contributed by atoms with van der Waals surface area (Å²) in [5.41, 5.74) is 4.77. The summed E-state index contributed by atoms with van der Waals surface area (Å²) in [7, 11) is 0. The molecule has 4 rings (SSSR count). The van der Waals surface area contributed by atoms with Gasteiger partial charge in [0.2, 0.25) is 0 Å². The molecule has 116 valence electrons. The van der Waals surface area contributed by atoms with Gasteiger partial charge in [-0.05, 0) is 34.7 Å². The van der Waals surface area contributed by atoms with Crippen LogP contribution in [0.25, 0.3) is 22.7 Å². The smallest absolute Gasteiger partial charge is 0.0522 e. The molecule has 3 aromatic carbocycles. The van der Waals surface area contributed by atoms with Gasteiger partial charge in [-0.3, -0.25) is 0 Å². The lowest BCUT2D eigenvalue weighted by molar-refractivity contribution is 1.23. The molecule has 1 heterocycles. The molecule has 0 aliphatic carbocycles. The Kier molecular flexibility index (Phi) is 4.06. The number of rotatable bonds is 3. The van der Waals surface area contributed by atoms with Crippen LogP contribution in [0.15, 0.2) is 95.6 Å². The first kappa shape index (κ1) is 15.0. The Morgan fingerprint density at radius 2 is 1.46 bits per heavy atom. The molecule has 0 fully saturated rings. The molecular weight excluding hydrogens is 358 g/mol. The lowest BCUT2D eigenvalue weighted by Gasteiger charge is -2.11. The molecular formula is C22H16BrN. The summed E-state index contributed by atoms with van der Waals surface area (Å²) in [4.78, 5) is 0. The zero-order valence-electron chi connectivity index (χ0n) is 13.1. The molecule has 4 aromatic rings. The summed E-state index contributed by atoms with van der Waals surface area (Å²) < 4.78 is 3.29. The number of benzene rings is 3. The second-order valence-corrected chi connectivity index (χ2v) is 6.52. The molecule has 0 spiro atoms. The van der Waals surface area contributed by atoms with Crippen LogP contribution < -0.4 is 0 Å². The molecule has 0 bridgehead atoms. The van der Waals surface area contributed by atoms with Crippen LogP contribution in [0.1, 0.15) is 11.1 Å². The Morgan fingerprint density at radius 1 is 0.750 bits per heavy atom. The van der Waals surface area contributed by atoms with E-state index in [0.29, 0.717) is 0 Å². The van der Waals surface area contributed by atoms with E-state index in [1.165, 1.54) is 27.6 Å². The van der Waals surface area contributed by atoms with Crippen LogP contribution in [-0.4, -0.2) is 4.57 Å². The normalized spacial score (nSPS) is 11.8. The molecule has 1 nitrogen and oxygen atoms in total. The second-order valence-electron chi connectivity index (χ2n) is 5.67. The van der Waals surface area contributed by atoms with Gasteiger partial charge in [0.05, 0.1) is 5.52 Å². The van der Waals surface area contributed by atoms with Crippen LogP contribution in [-0.2, 0) is 0 Å². The van der Waals surface area contributed by atoms with Crippen molar-refractivity contribution >= 4 is 38.6 Å². The molecule has 0 saturated heterocycles. The topological polar surface area (TPSA) is 4.93 Å². The number of aromatic nitrogens is 1. The molecule has 0 atom stereocenters. The Bertz CT molecular complexity index is 1010. The Balaban J connectivity index is 1.95. The fourth-order valence-electron chi connectivity index (χ4n) is 2.95. The van der Waals surface area contributed by atoms with E-state index in [1.807, 2.05) is 12.1 Å². The minimum absolute atomic E-state index is 1.09. The second kappa shape index (κ2) is 6.50. The summed E-state index contributed by atoms with van der Waals surface area (Å²) in [6.45, 7) is 0. The van der Waals surface area contributed by atoms with E-state index in [2.05, 4.69) is 106 Å². The molecule has 0 aliphatic rings. The average Bonchev–Trinajstić information content (AvgIpc) is 3.04. The monoisotopic (exact) mass is 373 g/mol. The highest BCUT2D eigenvalue weighted by atomic mass is 79.9. The molecule has 24 heavy (non-hydrogen) atoms. The summed E-state index contributed by atoms with van der Waals surface area (Å²) in [5.74, 6) is 0. The number of nitrogens with zero attached hydrogens (tertiary/aromatic N) is 1. The Morgan fingerprint density at radius 3 is 2.29 bits per heavy atom. The predicted molar refractivity (Wildman–Crippen MR) is 106 cm³/mol. The van der Waals surface area contributed by atoms with Gasteiger partial charge in [-0.1, -0.05) is 82.7 Å². The number of hydrogen-bond acceptors (Lipinski definition) is 0. The maximum Gasteiger partial charge on any atom is 0.0522 e. The van der Waals surface area contributed by atoms with E-state index in [1.54, 1.807) is 0 Å². The number of fused-ring (bicyclic) bond motifs is 1. The van der Waals surface area contributed by atoms with Gasteiger partial charge in [-0.25, -0.2) is 0 Å². The summed E-state index contributed by atoms with van der Waals surface area (Å²) in [6.07, 6.45) is 4.32. The molecule has 0 radical (unpaired) electrons. The van der Waals surface area contributed by atoms with Crippen molar-refractivity contribution in [2.45, 2.75) is 0 Å². The predicted octanol–water partition coefficient (Wildman–Crippen LogP) is 6.45. The van der Waals surface area contributed by atoms with Crippen LogP contribution in [0.5, 0.6) is 0 Å². The molecule has 0 aliphatic heterocycles. The van der Waals surface area contributed by atoms with Crippen molar-refractivity contribution in [3.8, 4) is 0 Å². The van der Waals surface area contributed by atoms with E-state index in [0.717, 1.165) is 4.47 Å². The van der Waals surface area contributed by atoms with Gasteiger partial charge in [-0.2, -0.15) is 0 Å². The lowest BCUT2D eigenvalue weighted by atomic mass is 9.99. The van der Waals surface area contributed by atoms with Crippen molar-refractivity contribution in [2.24, 2.45) is 0 Å². The van der Waals surface area contributed by atoms with Gasteiger partial charge in [0, 0.05) is 22.4 Å². The maximum absolute atomic E-state index is 3.70. The van der Waals surface area contributed by atoms with E-state index in [9.17, 15) is 0 Å². The molecule has 0 N–H and O–H groups in total. The molecule has 2 heteroatoms. The highest BCUT2D eigenvalue weighted by molar-refractivity contribution is 9.10. The summed E-state index contributed by atoms with van der Waals surface area (Å²) >= 11 is 3.70. The standard InChI is InChI=1S/C22H16BrN/c23-21-12-6-5-11-19(21)20(17-8-2-1-3-9-17)16-24-15-14-18-10-4-7-13-22(18)24/h1-16H/b20-16+. The van der Waals surface area contributed by atoms with Gasteiger partial charge in [0.25, 0.3) is 0 Å². The van der Waals surface area contributed by atoms with Crippen LogP contribution in [0, 0.1) is 0 Å². The lowest BCUT2D eigenvalue weighted by Crippen LogP contribution is -1.93. The van der Waals surface area contributed by atoms with Crippen LogP contribution in [0.3, 0.4) is 0 Å². The third-order valence-electron chi connectivity index (χ3n) is 4.15. The van der Waals surface area contributed by atoms with Crippen LogP contribution in [0.4, 0.5) is 0 Å². The minimum Gasteiger partial charge on any atom is -0.323 e.